The van der Waals surface area contributed by atoms with Gasteiger partial charge < -0.3 is 10.7 Å². The second-order valence-corrected chi connectivity index (χ2v) is 4.59. The molecule has 0 saturated heterocycles. The first-order valence-electron chi connectivity index (χ1n) is 5.49. The standard InChI is InChI=1S/C10H24N4S/c1-8(2)14(9(3)4)7-5-6-12-10(15)13-11/h8-9H,5-7,11H2,1-4H3,(H2,12,13,15). The topological polar surface area (TPSA) is 53.3 Å². The second-order valence-electron chi connectivity index (χ2n) is 4.18. The van der Waals surface area contributed by atoms with Gasteiger partial charge in [0.25, 0.3) is 0 Å². The minimum Gasteiger partial charge on any atom is -0.362 e. The fourth-order valence-corrected chi connectivity index (χ4v) is 1.73. The smallest absolute Gasteiger partial charge is 0.180 e. The first-order valence-corrected chi connectivity index (χ1v) is 5.90. The summed E-state index contributed by atoms with van der Waals surface area (Å²) >= 11 is 4.88. The summed E-state index contributed by atoms with van der Waals surface area (Å²) in [6.45, 7) is 10.8. The maximum atomic E-state index is 5.15. The Morgan fingerprint density at radius 2 is 1.80 bits per heavy atom. The van der Waals surface area contributed by atoms with Crippen molar-refractivity contribution >= 4 is 17.3 Å². The number of nitrogens with zero attached hydrogens (tertiary/aromatic N) is 1. The zero-order valence-electron chi connectivity index (χ0n) is 10.2. The molecule has 90 valence electrons. The lowest BCUT2D eigenvalue weighted by Gasteiger charge is -2.30. The van der Waals surface area contributed by atoms with Crippen molar-refractivity contribution in [2.75, 3.05) is 13.1 Å². The van der Waals surface area contributed by atoms with Gasteiger partial charge in [-0.05, 0) is 46.3 Å². The molecule has 0 spiro atoms. The monoisotopic (exact) mass is 232 g/mol. The average molecular weight is 232 g/mol. The molecule has 0 saturated carbocycles. The minimum atomic E-state index is 0.510. The van der Waals surface area contributed by atoms with Crippen LogP contribution >= 0.6 is 12.2 Å². The molecule has 0 atom stereocenters. The third-order valence-corrected chi connectivity index (χ3v) is 2.60. The number of hydrogen-bond donors (Lipinski definition) is 3. The van der Waals surface area contributed by atoms with Crippen LogP contribution in [0, 0.1) is 0 Å². The van der Waals surface area contributed by atoms with Crippen LogP contribution in [0.25, 0.3) is 0 Å². The van der Waals surface area contributed by atoms with Gasteiger partial charge in [-0.3, -0.25) is 4.90 Å². The van der Waals surface area contributed by atoms with Crippen LogP contribution in [0.4, 0.5) is 0 Å². The van der Waals surface area contributed by atoms with Gasteiger partial charge in [-0.25, -0.2) is 5.84 Å². The first kappa shape index (κ1) is 14.6. The van der Waals surface area contributed by atoms with E-state index in [1.165, 1.54) is 0 Å². The fraction of sp³-hybridized carbons (Fsp3) is 0.900. The van der Waals surface area contributed by atoms with E-state index in [4.69, 9.17) is 18.1 Å². The van der Waals surface area contributed by atoms with E-state index in [1.54, 1.807) is 0 Å². The van der Waals surface area contributed by atoms with Gasteiger partial charge >= 0.3 is 0 Å². The molecule has 0 aliphatic rings. The van der Waals surface area contributed by atoms with E-state index >= 15 is 0 Å². The molecule has 4 N–H and O–H groups in total. The summed E-state index contributed by atoms with van der Waals surface area (Å²) in [5.41, 5.74) is 2.41. The van der Waals surface area contributed by atoms with Crippen molar-refractivity contribution in [2.45, 2.75) is 46.2 Å². The van der Waals surface area contributed by atoms with Gasteiger partial charge in [0.2, 0.25) is 0 Å². The van der Waals surface area contributed by atoms with Crippen LogP contribution in [0.5, 0.6) is 0 Å². The summed E-state index contributed by atoms with van der Waals surface area (Å²) in [6, 6.07) is 1.18. The van der Waals surface area contributed by atoms with Crippen molar-refractivity contribution in [3.8, 4) is 0 Å². The molecule has 0 radical (unpaired) electrons. The first-order chi connectivity index (χ1) is 6.99. The Morgan fingerprint density at radius 3 is 2.20 bits per heavy atom. The summed E-state index contributed by atoms with van der Waals surface area (Å²) in [4.78, 5) is 2.46. The maximum Gasteiger partial charge on any atom is 0.180 e. The van der Waals surface area contributed by atoms with Gasteiger partial charge in [-0.2, -0.15) is 0 Å². The van der Waals surface area contributed by atoms with Crippen molar-refractivity contribution in [2.24, 2.45) is 5.84 Å². The van der Waals surface area contributed by atoms with E-state index < -0.39 is 0 Å². The Balaban J connectivity index is 3.68. The van der Waals surface area contributed by atoms with Gasteiger partial charge in [0.05, 0.1) is 0 Å². The van der Waals surface area contributed by atoms with Crippen LogP contribution in [0.15, 0.2) is 0 Å². The molecule has 0 amide bonds. The highest BCUT2D eigenvalue weighted by atomic mass is 32.1. The van der Waals surface area contributed by atoms with Crippen LogP contribution in [-0.2, 0) is 0 Å². The molecule has 0 aromatic carbocycles. The zero-order valence-corrected chi connectivity index (χ0v) is 11.0. The zero-order chi connectivity index (χ0) is 11.8. The molecule has 15 heavy (non-hydrogen) atoms. The minimum absolute atomic E-state index is 0.510. The lowest BCUT2D eigenvalue weighted by molar-refractivity contribution is 0.173. The fourth-order valence-electron chi connectivity index (χ4n) is 1.63. The highest BCUT2D eigenvalue weighted by Crippen LogP contribution is 2.04. The van der Waals surface area contributed by atoms with Crippen molar-refractivity contribution < 1.29 is 0 Å². The van der Waals surface area contributed by atoms with Crippen LogP contribution in [0.3, 0.4) is 0 Å². The predicted molar refractivity (Wildman–Crippen MR) is 69.5 cm³/mol. The van der Waals surface area contributed by atoms with E-state index in [1.807, 2.05) is 0 Å². The number of hydrogen-bond acceptors (Lipinski definition) is 3. The molecule has 0 heterocycles. The van der Waals surface area contributed by atoms with Crippen LogP contribution in [0.1, 0.15) is 34.1 Å². The number of nitrogens with one attached hydrogen (secondary N) is 2. The maximum absolute atomic E-state index is 5.15. The Labute approximate surface area is 98.6 Å². The average Bonchev–Trinajstić information content (AvgIpc) is 2.15. The van der Waals surface area contributed by atoms with E-state index in [0.717, 1.165) is 19.5 Å². The molecule has 0 aromatic rings. The van der Waals surface area contributed by atoms with Crippen molar-refractivity contribution in [1.29, 1.82) is 0 Å². The van der Waals surface area contributed by atoms with E-state index in [0.29, 0.717) is 17.2 Å². The van der Waals surface area contributed by atoms with Gasteiger partial charge in [0.1, 0.15) is 0 Å². The Hall–Kier alpha value is -0.390. The molecule has 0 aliphatic heterocycles. The summed E-state index contributed by atoms with van der Waals surface area (Å²) in [7, 11) is 0. The SMILES string of the molecule is CC(C)N(CCCNC(=S)NN)C(C)C. The highest BCUT2D eigenvalue weighted by molar-refractivity contribution is 7.80. The Bertz CT molecular complexity index is 174. The third kappa shape index (κ3) is 6.65. The lowest BCUT2D eigenvalue weighted by Crippen LogP contribution is -2.42. The van der Waals surface area contributed by atoms with E-state index in [9.17, 15) is 0 Å². The predicted octanol–water partition coefficient (Wildman–Crippen LogP) is 0.833. The molecule has 0 bridgehead atoms. The Kier molecular flexibility index (Phi) is 7.64. The lowest BCUT2D eigenvalue weighted by atomic mass is 10.2. The third-order valence-electron chi connectivity index (χ3n) is 2.34. The summed E-state index contributed by atoms with van der Waals surface area (Å²) in [6.07, 6.45) is 1.07. The molecule has 5 heteroatoms. The Morgan fingerprint density at radius 1 is 1.27 bits per heavy atom. The molecule has 0 aliphatic carbocycles. The van der Waals surface area contributed by atoms with Crippen molar-refractivity contribution in [1.82, 2.24) is 15.6 Å². The van der Waals surface area contributed by atoms with Gasteiger partial charge in [0, 0.05) is 25.2 Å². The van der Waals surface area contributed by atoms with E-state index in [2.05, 4.69) is 43.3 Å². The molecule has 0 rings (SSSR count). The van der Waals surface area contributed by atoms with Crippen molar-refractivity contribution in [3.63, 3.8) is 0 Å². The van der Waals surface area contributed by atoms with Gasteiger partial charge in [0.15, 0.2) is 5.11 Å². The van der Waals surface area contributed by atoms with Gasteiger partial charge in [-0.1, -0.05) is 0 Å². The summed E-state index contributed by atoms with van der Waals surface area (Å²) in [5, 5.41) is 3.54. The molecular weight excluding hydrogens is 208 g/mol. The van der Waals surface area contributed by atoms with Crippen LogP contribution in [0.2, 0.25) is 0 Å². The van der Waals surface area contributed by atoms with Gasteiger partial charge in [-0.15, -0.1) is 0 Å². The molecule has 0 unspecified atom stereocenters. The van der Waals surface area contributed by atoms with E-state index in [-0.39, 0.29) is 0 Å². The summed E-state index contributed by atoms with van der Waals surface area (Å²) in [5.74, 6) is 5.15. The normalized spacial score (nSPS) is 11.2. The molecular formula is C10H24N4S. The largest absolute Gasteiger partial charge is 0.362 e. The number of rotatable bonds is 6. The molecule has 0 aromatic heterocycles. The number of thiocarbonyl (C=S) groups is 1. The number of hydrazine groups is 1. The van der Waals surface area contributed by atoms with Crippen LogP contribution < -0.4 is 16.6 Å². The van der Waals surface area contributed by atoms with Crippen molar-refractivity contribution in [3.05, 3.63) is 0 Å². The quantitative estimate of drug-likeness (QED) is 0.274. The highest BCUT2D eigenvalue weighted by Gasteiger charge is 2.11. The van der Waals surface area contributed by atoms with Crippen LogP contribution in [-0.4, -0.2) is 35.2 Å². The second kappa shape index (κ2) is 7.84. The molecule has 0 fully saturated rings. The molecule has 4 nitrogen and oxygen atoms in total. The summed E-state index contributed by atoms with van der Waals surface area (Å²) < 4.78 is 0. The number of nitrogens with two attached hydrogens (primary N) is 1.